The van der Waals surface area contributed by atoms with Gasteiger partial charge in [0.2, 0.25) is 5.91 Å². The molecule has 3 N–H and O–H groups in total. The summed E-state index contributed by atoms with van der Waals surface area (Å²) in [6, 6.07) is 8.68. The Hall–Kier alpha value is -3.97. The largest absolute Gasteiger partial charge is 0.573 e. The normalized spacial score (nSPS) is 13.0. The number of amides is 2. The van der Waals surface area contributed by atoms with Gasteiger partial charge in [-0.3, -0.25) is 9.59 Å². The van der Waals surface area contributed by atoms with E-state index in [0.29, 0.717) is 5.56 Å². The molecule has 0 saturated heterocycles. The van der Waals surface area contributed by atoms with E-state index < -0.39 is 49.2 Å². The molecule has 14 heteroatoms. The molecule has 0 aliphatic carbocycles. The Bertz CT molecular complexity index is 1070. The zero-order valence-corrected chi connectivity index (χ0v) is 19.3. The van der Waals surface area contributed by atoms with Gasteiger partial charge >= 0.3 is 12.5 Å². The van der Waals surface area contributed by atoms with Crippen LogP contribution in [0.3, 0.4) is 0 Å². The third-order valence-electron chi connectivity index (χ3n) is 4.68. The number of hydrogen-bond donors (Lipinski definition) is 3. The Morgan fingerprint density at radius 2 is 1.57 bits per heavy atom. The lowest BCUT2D eigenvalue weighted by atomic mass is 10.0. The molecule has 2 amide bonds. The number of carbonyl (C=O) groups excluding carboxylic acids is 2. The van der Waals surface area contributed by atoms with Crippen LogP contribution in [0.25, 0.3) is 0 Å². The van der Waals surface area contributed by atoms with Crippen molar-refractivity contribution in [3.63, 3.8) is 0 Å². The highest BCUT2D eigenvalue weighted by Crippen LogP contribution is 2.23. The van der Waals surface area contributed by atoms with Crippen LogP contribution < -0.4 is 20.1 Å². The summed E-state index contributed by atoms with van der Waals surface area (Å²) in [5.74, 6) is -1.73. The number of hydrogen-bond acceptors (Lipinski definition) is 6. The molecule has 0 saturated carbocycles. The lowest BCUT2D eigenvalue weighted by Gasteiger charge is -2.19. The number of alkyl halides is 6. The molecule has 2 aromatic carbocycles. The summed E-state index contributed by atoms with van der Waals surface area (Å²) in [5.41, 5.74) is 0.645. The van der Waals surface area contributed by atoms with Gasteiger partial charge in [0.1, 0.15) is 17.5 Å². The first-order valence-electron chi connectivity index (χ1n) is 10.7. The molecule has 2 aromatic rings. The Morgan fingerprint density at radius 3 is 2.11 bits per heavy atom. The minimum Gasteiger partial charge on any atom is -0.493 e. The van der Waals surface area contributed by atoms with Crippen molar-refractivity contribution in [3.8, 4) is 11.5 Å². The molecule has 0 bridgehead atoms. The first-order chi connectivity index (χ1) is 17.3. The van der Waals surface area contributed by atoms with Crippen molar-refractivity contribution in [2.75, 3.05) is 13.2 Å². The van der Waals surface area contributed by atoms with E-state index in [4.69, 9.17) is 9.94 Å². The van der Waals surface area contributed by atoms with Gasteiger partial charge in [-0.15, -0.1) is 13.2 Å². The van der Waals surface area contributed by atoms with Crippen molar-refractivity contribution < 1.29 is 50.6 Å². The number of carbonyl (C=O) groups is 2. The third-order valence-corrected chi connectivity index (χ3v) is 4.68. The number of benzene rings is 2. The lowest BCUT2D eigenvalue weighted by molar-refractivity contribution is -0.274. The van der Waals surface area contributed by atoms with Crippen molar-refractivity contribution in [1.82, 2.24) is 10.6 Å². The minimum atomic E-state index is -4.87. The molecule has 2 rings (SSSR count). The molecule has 0 aromatic heterocycles. The zero-order chi connectivity index (χ0) is 27.6. The summed E-state index contributed by atoms with van der Waals surface area (Å²) in [6.45, 7) is 0.705. The second-order valence-electron chi connectivity index (χ2n) is 7.71. The Balaban J connectivity index is 2.10. The average molecular weight is 535 g/mol. The smallest absolute Gasteiger partial charge is 0.493 e. The van der Waals surface area contributed by atoms with Gasteiger partial charge in [0.15, 0.2) is 0 Å². The Morgan fingerprint density at radius 1 is 0.973 bits per heavy atom. The molecule has 202 valence electrons. The Kier molecular flexibility index (Phi) is 10.1. The van der Waals surface area contributed by atoms with Crippen molar-refractivity contribution in [2.24, 2.45) is 5.16 Å². The van der Waals surface area contributed by atoms with E-state index in [1.165, 1.54) is 43.3 Å². The number of rotatable bonds is 11. The van der Waals surface area contributed by atoms with Crippen LogP contribution in [0, 0.1) is 0 Å². The van der Waals surface area contributed by atoms with E-state index >= 15 is 0 Å². The molecule has 0 fully saturated rings. The first-order valence-corrected chi connectivity index (χ1v) is 10.7. The van der Waals surface area contributed by atoms with Gasteiger partial charge in [0.25, 0.3) is 5.91 Å². The first kappa shape index (κ1) is 29.3. The van der Waals surface area contributed by atoms with Gasteiger partial charge in [-0.1, -0.05) is 17.3 Å². The van der Waals surface area contributed by atoms with Gasteiger partial charge in [-0.05, 0) is 48.9 Å². The maximum Gasteiger partial charge on any atom is 0.573 e. The molecule has 8 nitrogen and oxygen atoms in total. The van der Waals surface area contributed by atoms with Gasteiger partial charge in [-0.2, -0.15) is 13.2 Å². The number of nitrogens with zero attached hydrogens (tertiary/aromatic N) is 1. The van der Waals surface area contributed by atoms with Crippen molar-refractivity contribution in [2.45, 2.75) is 38.3 Å². The molecule has 0 radical (unpaired) electrons. The molecular weight excluding hydrogens is 512 g/mol. The number of nitrogens with one attached hydrogen (secondary N) is 2. The van der Waals surface area contributed by atoms with E-state index in [9.17, 15) is 35.9 Å². The molecular formula is C23H23F6N3O5. The number of oxime groups is 1. The van der Waals surface area contributed by atoms with Crippen LogP contribution in [0.4, 0.5) is 26.3 Å². The van der Waals surface area contributed by atoms with E-state index in [1.807, 2.05) is 0 Å². The Labute approximate surface area is 207 Å². The van der Waals surface area contributed by atoms with Gasteiger partial charge in [-0.25, -0.2) is 0 Å². The summed E-state index contributed by atoms with van der Waals surface area (Å²) in [7, 11) is 0. The van der Waals surface area contributed by atoms with Crippen molar-refractivity contribution in [1.29, 1.82) is 0 Å². The fraction of sp³-hybridized carbons (Fsp3) is 0.348. The number of halogens is 6. The monoisotopic (exact) mass is 535 g/mol. The third kappa shape index (κ3) is 11.1. The van der Waals surface area contributed by atoms with Crippen LogP contribution >= 0.6 is 0 Å². The molecule has 0 spiro atoms. The molecule has 37 heavy (non-hydrogen) atoms. The van der Waals surface area contributed by atoms with Crippen molar-refractivity contribution >= 4 is 17.5 Å². The van der Waals surface area contributed by atoms with Crippen LogP contribution in [0.2, 0.25) is 0 Å². The predicted octanol–water partition coefficient (Wildman–Crippen LogP) is 4.22. The SMILES string of the molecule is C/C(CNC(=O)C(Cc1ccc(OC(F)(F)F)cc1)NC(=O)c1ccc(OCCC(F)(F)F)cc1)=N/O. The zero-order valence-electron chi connectivity index (χ0n) is 19.3. The molecule has 0 heterocycles. The quantitative estimate of drug-likeness (QED) is 0.173. The number of ether oxygens (including phenoxy) is 2. The topological polar surface area (TPSA) is 109 Å². The van der Waals surface area contributed by atoms with E-state index in [0.717, 1.165) is 12.1 Å². The van der Waals surface area contributed by atoms with Crippen LogP contribution in [-0.4, -0.2) is 54.5 Å². The summed E-state index contributed by atoms with van der Waals surface area (Å²) in [4.78, 5) is 25.4. The summed E-state index contributed by atoms with van der Waals surface area (Å²) < 4.78 is 82.6. The fourth-order valence-electron chi connectivity index (χ4n) is 2.87. The highest BCUT2D eigenvalue weighted by molar-refractivity contribution is 5.98. The van der Waals surface area contributed by atoms with Crippen LogP contribution in [0.5, 0.6) is 11.5 Å². The van der Waals surface area contributed by atoms with Gasteiger partial charge < -0.3 is 25.3 Å². The molecule has 1 atom stereocenters. The molecule has 0 aliphatic rings. The van der Waals surface area contributed by atoms with Crippen molar-refractivity contribution in [3.05, 3.63) is 59.7 Å². The second-order valence-corrected chi connectivity index (χ2v) is 7.71. The summed E-state index contributed by atoms with van der Waals surface area (Å²) >= 11 is 0. The summed E-state index contributed by atoms with van der Waals surface area (Å²) in [6.07, 6.45) is -10.5. The van der Waals surface area contributed by atoms with Gasteiger partial charge in [0.05, 0.1) is 25.3 Å². The van der Waals surface area contributed by atoms with Crippen LogP contribution in [-0.2, 0) is 11.2 Å². The predicted molar refractivity (Wildman–Crippen MR) is 119 cm³/mol. The second kappa shape index (κ2) is 12.8. The molecule has 1 unspecified atom stereocenters. The highest BCUT2D eigenvalue weighted by Gasteiger charge is 2.31. The van der Waals surface area contributed by atoms with Crippen LogP contribution in [0.1, 0.15) is 29.3 Å². The molecule has 0 aliphatic heterocycles. The maximum atomic E-state index is 12.7. The van der Waals surface area contributed by atoms with Crippen LogP contribution in [0.15, 0.2) is 53.7 Å². The highest BCUT2D eigenvalue weighted by atomic mass is 19.4. The van der Waals surface area contributed by atoms with E-state index in [1.54, 1.807) is 0 Å². The summed E-state index contributed by atoms with van der Waals surface area (Å²) in [5, 5.41) is 16.6. The fourth-order valence-corrected chi connectivity index (χ4v) is 2.87. The average Bonchev–Trinajstić information content (AvgIpc) is 2.81. The van der Waals surface area contributed by atoms with E-state index in [2.05, 4.69) is 20.5 Å². The maximum absolute atomic E-state index is 12.7. The lowest BCUT2D eigenvalue weighted by Crippen LogP contribution is -2.49. The van der Waals surface area contributed by atoms with Gasteiger partial charge in [0, 0.05) is 12.0 Å². The van der Waals surface area contributed by atoms with E-state index in [-0.39, 0.29) is 30.0 Å². The standard InChI is InChI=1S/C23H23F6N3O5/c1-14(32-35)13-30-21(34)19(12-15-2-6-18(7-3-15)37-23(27,28)29)31-20(33)16-4-8-17(9-5-16)36-11-10-22(24,25)26/h2-9,19,35H,10-13H2,1H3,(H,30,34)(H,31,33)/b32-14-. The minimum absolute atomic E-state index is 0.0722.